The predicted octanol–water partition coefficient (Wildman–Crippen LogP) is 4.61. The van der Waals surface area contributed by atoms with Gasteiger partial charge in [-0.3, -0.25) is 14.5 Å². The third-order valence-electron chi connectivity index (χ3n) is 6.46. The first kappa shape index (κ1) is 26.2. The van der Waals surface area contributed by atoms with Crippen molar-refractivity contribution < 1.29 is 22.7 Å². The Bertz CT molecular complexity index is 1240. The Kier molecular flexibility index (Phi) is 8.35. The first-order chi connectivity index (χ1) is 17.3. The molecule has 0 spiro atoms. The highest BCUT2D eigenvalue weighted by Crippen LogP contribution is 2.36. The van der Waals surface area contributed by atoms with Crippen LogP contribution < -0.4 is 10.1 Å². The van der Waals surface area contributed by atoms with Gasteiger partial charge in [0, 0.05) is 24.2 Å². The van der Waals surface area contributed by atoms with Crippen LogP contribution in [0, 0.1) is 0 Å². The van der Waals surface area contributed by atoms with E-state index >= 15 is 0 Å². The molecule has 36 heavy (non-hydrogen) atoms. The number of carbonyl (C=O) groups is 2. The average Bonchev–Trinajstić information content (AvgIpc) is 3.17. The molecular formula is C26H31N3O5S2. The summed E-state index contributed by atoms with van der Waals surface area (Å²) < 4.78 is 35.5. The van der Waals surface area contributed by atoms with Crippen molar-refractivity contribution in [2.24, 2.45) is 4.40 Å². The Morgan fingerprint density at radius 3 is 2.53 bits per heavy atom. The van der Waals surface area contributed by atoms with Crippen LogP contribution in [0.4, 0.5) is 5.69 Å². The van der Waals surface area contributed by atoms with Gasteiger partial charge in [0.2, 0.25) is 11.8 Å². The van der Waals surface area contributed by atoms with Crippen molar-refractivity contribution in [2.45, 2.75) is 68.1 Å². The number of anilines is 1. The number of benzene rings is 2. The van der Waals surface area contributed by atoms with Crippen molar-refractivity contribution in [3.05, 3.63) is 54.1 Å². The molecule has 0 unspecified atom stereocenters. The molecule has 1 heterocycles. The van der Waals surface area contributed by atoms with Gasteiger partial charge in [0.15, 0.2) is 5.17 Å². The van der Waals surface area contributed by atoms with E-state index in [-0.39, 0.29) is 34.3 Å². The molecule has 2 aliphatic rings. The second kappa shape index (κ2) is 11.5. The highest BCUT2D eigenvalue weighted by atomic mass is 32.2. The van der Waals surface area contributed by atoms with E-state index in [0.717, 1.165) is 55.9 Å². The fraction of sp³-hybridized carbons (Fsp3) is 0.423. The Morgan fingerprint density at radius 1 is 1.14 bits per heavy atom. The number of amides is 2. The van der Waals surface area contributed by atoms with Crippen molar-refractivity contribution in [1.29, 1.82) is 0 Å². The minimum Gasteiger partial charge on any atom is -0.497 e. The van der Waals surface area contributed by atoms with Crippen LogP contribution in [0.25, 0.3) is 0 Å². The number of nitrogens with one attached hydrogen (secondary N) is 1. The SMILES string of the molecule is CCc1ccc(S(=O)(=O)N=C2S[C@@H](CC(=O)Nc3cccc(OC)c3)C(=O)N2C2CCCCC2)cc1. The summed E-state index contributed by atoms with van der Waals surface area (Å²) in [6, 6.07) is 13.5. The van der Waals surface area contributed by atoms with Gasteiger partial charge in [0.05, 0.1) is 12.0 Å². The van der Waals surface area contributed by atoms with E-state index in [2.05, 4.69) is 9.71 Å². The van der Waals surface area contributed by atoms with Crippen LogP contribution in [-0.4, -0.2) is 48.7 Å². The van der Waals surface area contributed by atoms with Gasteiger partial charge < -0.3 is 10.1 Å². The smallest absolute Gasteiger partial charge is 0.284 e. The highest BCUT2D eigenvalue weighted by molar-refractivity contribution is 8.16. The first-order valence-electron chi connectivity index (χ1n) is 12.2. The molecule has 8 nitrogen and oxygen atoms in total. The van der Waals surface area contributed by atoms with Gasteiger partial charge in [-0.1, -0.05) is 56.1 Å². The molecule has 1 saturated heterocycles. The molecule has 1 atom stereocenters. The Balaban J connectivity index is 1.56. The molecule has 1 saturated carbocycles. The summed E-state index contributed by atoms with van der Waals surface area (Å²) in [7, 11) is -2.47. The molecular weight excluding hydrogens is 498 g/mol. The number of nitrogens with zero attached hydrogens (tertiary/aromatic N) is 2. The van der Waals surface area contributed by atoms with Gasteiger partial charge in [-0.2, -0.15) is 8.42 Å². The molecule has 1 aliphatic heterocycles. The van der Waals surface area contributed by atoms with E-state index in [4.69, 9.17) is 4.74 Å². The molecule has 2 aromatic carbocycles. The number of hydrogen-bond donors (Lipinski definition) is 1. The quantitative estimate of drug-likeness (QED) is 0.536. The highest BCUT2D eigenvalue weighted by Gasteiger charge is 2.43. The molecule has 10 heteroatoms. The lowest BCUT2D eigenvalue weighted by Crippen LogP contribution is -2.42. The molecule has 0 aromatic heterocycles. The number of aryl methyl sites for hydroxylation is 1. The van der Waals surface area contributed by atoms with Crippen molar-refractivity contribution in [1.82, 2.24) is 4.90 Å². The van der Waals surface area contributed by atoms with Gasteiger partial charge in [-0.15, -0.1) is 4.40 Å². The Labute approximate surface area is 216 Å². The van der Waals surface area contributed by atoms with Gasteiger partial charge >= 0.3 is 0 Å². The second-order valence-electron chi connectivity index (χ2n) is 8.94. The van der Waals surface area contributed by atoms with Crippen molar-refractivity contribution in [3.63, 3.8) is 0 Å². The number of hydrogen-bond acceptors (Lipinski definition) is 6. The number of methoxy groups -OCH3 is 1. The van der Waals surface area contributed by atoms with E-state index in [1.54, 1.807) is 55.6 Å². The van der Waals surface area contributed by atoms with Crippen LogP contribution in [0.1, 0.15) is 51.0 Å². The Morgan fingerprint density at radius 2 is 1.86 bits per heavy atom. The molecule has 2 aromatic rings. The topological polar surface area (TPSA) is 105 Å². The fourth-order valence-electron chi connectivity index (χ4n) is 4.49. The van der Waals surface area contributed by atoms with Gasteiger partial charge in [-0.25, -0.2) is 0 Å². The number of rotatable bonds is 8. The van der Waals surface area contributed by atoms with Crippen molar-refractivity contribution in [3.8, 4) is 5.75 Å². The van der Waals surface area contributed by atoms with Crippen LogP contribution in [0.2, 0.25) is 0 Å². The second-order valence-corrected chi connectivity index (χ2v) is 11.7. The molecule has 0 radical (unpaired) electrons. The van der Waals surface area contributed by atoms with E-state index in [0.29, 0.717) is 11.4 Å². The molecule has 4 rings (SSSR count). The normalized spacial score (nSPS) is 20.1. The van der Waals surface area contributed by atoms with Crippen LogP contribution in [0.5, 0.6) is 5.75 Å². The third-order valence-corrected chi connectivity index (χ3v) is 9.01. The number of sulfonamides is 1. The van der Waals surface area contributed by atoms with Crippen molar-refractivity contribution >= 4 is 44.5 Å². The van der Waals surface area contributed by atoms with Crippen LogP contribution in [-0.2, 0) is 26.0 Å². The zero-order valence-corrected chi connectivity index (χ0v) is 22.1. The summed E-state index contributed by atoms with van der Waals surface area (Å²) in [4.78, 5) is 27.8. The number of ether oxygens (including phenoxy) is 1. The number of thioether (sulfide) groups is 1. The lowest BCUT2D eigenvalue weighted by atomic mass is 9.94. The van der Waals surface area contributed by atoms with Crippen LogP contribution >= 0.6 is 11.8 Å². The molecule has 1 N–H and O–H groups in total. The minimum atomic E-state index is -4.01. The summed E-state index contributed by atoms with van der Waals surface area (Å²) in [5.41, 5.74) is 1.59. The predicted molar refractivity (Wildman–Crippen MR) is 142 cm³/mol. The molecule has 2 fully saturated rings. The minimum absolute atomic E-state index is 0.0862. The number of carbonyl (C=O) groups excluding carboxylic acids is 2. The maximum absolute atomic E-state index is 13.4. The maximum atomic E-state index is 13.4. The summed E-state index contributed by atoms with van der Waals surface area (Å²) in [5.74, 6) is 0.00844. The zero-order valence-electron chi connectivity index (χ0n) is 20.5. The monoisotopic (exact) mass is 529 g/mol. The van der Waals surface area contributed by atoms with Crippen LogP contribution in [0.3, 0.4) is 0 Å². The number of amidine groups is 1. The zero-order chi connectivity index (χ0) is 25.7. The summed E-state index contributed by atoms with van der Waals surface area (Å²) in [5, 5.41) is 2.21. The van der Waals surface area contributed by atoms with E-state index < -0.39 is 15.3 Å². The van der Waals surface area contributed by atoms with E-state index in [9.17, 15) is 18.0 Å². The largest absolute Gasteiger partial charge is 0.497 e. The first-order valence-corrected chi connectivity index (χ1v) is 14.5. The van der Waals surface area contributed by atoms with Crippen LogP contribution in [0.15, 0.2) is 57.8 Å². The lowest BCUT2D eigenvalue weighted by molar-refractivity contribution is -0.130. The summed E-state index contributed by atoms with van der Waals surface area (Å²) >= 11 is 1.06. The summed E-state index contributed by atoms with van der Waals surface area (Å²) in [6.45, 7) is 2.00. The van der Waals surface area contributed by atoms with Crippen molar-refractivity contribution in [2.75, 3.05) is 12.4 Å². The molecule has 1 aliphatic carbocycles. The lowest BCUT2D eigenvalue weighted by Gasteiger charge is -2.30. The fourth-order valence-corrected chi connectivity index (χ4v) is 6.89. The van der Waals surface area contributed by atoms with E-state index in [1.807, 2.05) is 6.92 Å². The standard InChI is InChI=1S/C26H31N3O5S2/c1-3-18-12-14-22(15-13-18)36(32,33)28-26-29(20-9-5-4-6-10-20)25(31)23(35-26)17-24(30)27-19-8-7-11-21(16-19)34-2/h7-8,11-16,20,23H,3-6,9-10,17H2,1-2H3,(H,27,30)/t23-/m0/s1. The summed E-state index contributed by atoms with van der Waals surface area (Å²) in [6.07, 6.45) is 5.32. The third kappa shape index (κ3) is 6.10. The molecule has 2 amide bonds. The van der Waals surface area contributed by atoms with Gasteiger partial charge in [-0.05, 0) is 49.1 Å². The van der Waals surface area contributed by atoms with E-state index in [1.165, 1.54) is 4.90 Å². The van der Waals surface area contributed by atoms with Gasteiger partial charge in [0.1, 0.15) is 11.0 Å². The maximum Gasteiger partial charge on any atom is 0.284 e. The Hall–Kier alpha value is -2.85. The van der Waals surface area contributed by atoms with Gasteiger partial charge in [0.25, 0.3) is 10.0 Å². The molecule has 0 bridgehead atoms. The average molecular weight is 530 g/mol. The molecule has 192 valence electrons.